The zero-order valence-electron chi connectivity index (χ0n) is 18.4. The summed E-state index contributed by atoms with van der Waals surface area (Å²) in [6.07, 6.45) is 3.86. The number of benzene rings is 2. The molecule has 7 nitrogen and oxygen atoms in total. The van der Waals surface area contributed by atoms with E-state index < -0.39 is 0 Å². The van der Waals surface area contributed by atoms with E-state index in [1.807, 2.05) is 43.3 Å². The van der Waals surface area contributed by atoms with Gasteiger partial charge in [0.15, 0.2) is 0 Å². The van der Waals surface area contributed by atoms with Crippen molar-refractivity contribution in [3.05, 3.63) is 83.3 Å². The van der Waals surface area contributed by atoms with Crippen LogP contribution in [0.1, 0.15) is 33.5 Å². The Balaban J connectivity index is 1.22. The lowest BCUT2D eigenvalue weighted by atomic mass is 10.1. The minimum atomic E-state index is -0.379. The van der Waals surface area contributed by atoms with Crippen LogP contribution >= 0.6 is 0 Å². The molecule has 3 amide bonds. The van der Waals surface area contributed by atoms with Gasteiger partial charge in [-0.25, -0.2) is 0 Å². The van der Waals surface area contributed by atoms with Crippen molar-refractivity contribution >= 4 is 29.1 Å². The number of nitrogens with zero attached hydrogens (tertiary/aromatic N) is 2. The number of aryl methyl sites for hydroxylation is 1. The third-order valence-electron chi connectivity index (χ3n) is 6.34. The molecule has 0 saturated carbocycles. The zero-order chi connectivity index (χ0) is 22.9. The van der Waals surface area contributed by atoms with Crippen LogP contribution in [0.5, 0.6) is 0 Å². The molecule has 5 rings (SSSR count). The number of furan rings is 1. The Bertz CT molecular complexity index is 1200. The molecule has 2 aliphatic rings. The second-order valence-corrected chi connectivity index (χ2v) is 8.71. The van der Waals surface area contributed by atoms with E-state index in [1.165, 1.54) is 18.1 Å². The highest BCUT2D eigenvalue weighted by atomic mass is 16.3. The Morgan fingerprint density at radius 3 is 2.70 bits per heavy atom. The van der Waals surface area contributed by atoms with Crippen molar-refractivity contribution in [2.24, 2.45) is 5.92 Å². The molecule has 168 valence electrons. The normalized spacial score (nSPS) is 17.4. The number of hydrogen-bond acceptors (Lipinski definition) is 4. The summed E-state index contributed by atoms with van der Waals surface area (Å²) in [6, 6.07) is 15.3. The number of fused-ring (bicyclic) bond motifs is 1. The van der Waals surface area contributed by atoms with Gasteiger partial charge in [0.1, 0.15) is 6.26 Å². The fourth-order valence-corrected chi connectivity index (χ4v) is 4.49. The number of anilines is 2. The van der Waals surface area contributed by atoms with E-state index in [2.05, 4.69) is 5.32 Å². The summed E-state index contributed by atoms with van der Waals surface area (Å²) in [7, 11) is 0. The minimum Gasteiger partial charge on any atom is -0.472 e. The number of hydrogen-bond donors (Lipinski definition) is 1. The smallest absolute Gasteiger partial charge is 0.261 e. The summed E-state index contributed by atoms with van der Waals surface area (Å²) in [5, 5.41) is 2.96. The first kappa shape index (κ1) is 21.0. The molecular formula is C26H25N3O4. The van der Waals surface area contributed by atoms with Crippen LogP contribution in [0.2, 0.25) is 0 Å². The van der Waals surface area contributed by atoms with Crippen LogP contribution in [0, 0.1) is 12.8 Å². The second kappa shape index (κ2) is 8.58. The largest absolute Gasteiger partial charge is 0.472 e. The van der Waals surface area contributed by atoms with Crippen LogP contribution in [0.25, 0.3) is 0 Å². The lowest BCUT2D eigenvalue weighted by Gasteiger charge is -2.18. The van der Waals surface area contributed by atoms with E-state index in [4.69, 9.17) is 4.42 Å². The Hall–Kier alpha value is -3.87. The summed E-state index contributed by atoms with van der Waals surface area (Å²) in [4.78, 5) is 41.5. The topological polar surface area (TPSA) is 82.9 Å². The highest BCUT2D eigenvalue weighted by molar-refractivity contribution is 6.07. The number of rotatable bonds is 5. The predicted molar refractivity (Wildman–Crippen MR) is 124 cm³/mol. The molecular weight excluding hydrogens is 418 g/mol. The van der Waals surface area contributed by atoms with Crippen LogP contribution in [0.4, 0.5) is 11.4 Å². The molecule has 1 aromatic heterocycles. The molecule has 2 aromatic carbocycles. The molecule has 1 atom stereocenters. The van der Waals surface area contributed by atoms with Crippen molar-refractivity contribution in [2.75, 3.05) is 23.3 Å². The molecule has 0 bridgehead atoms. The van der Waals surface area contributed by atoms with Gasteiger partial charge in [0.25, 0.3) is 5.91 Å². The van der Waals surface area contributed by atoms with E-state index in [0.717, 1.165) is 23.2 Å². The maximum Gasteiger partial charge on any atom is 0.261 e. The minimum absolute atomic E-state index is 0.00178. The summed E-state index contributed by atoms with van der Waals surface area (Å²) in [5.41, 5.74) is 5.28. The first-order chi connectivity index (χ1) is 16.0. The Morgan fingerprint density at radius 2 is 1.94 bits per heavy atom. The van der Waals surface area contributed by atoms with Crippen molar-refractivity contribution < 1.29 is 18.8 Å². The first-order valence-electron chi connectivity index (χ1n) is 11.1. The van der Waals surface area contributed by atoms with Crippen molar-refractivity contribution in [2.45, 2.75) is 26.3 Å². The van der Waals surface area contributed by atoms with Crippen LogP contribution in [-0.4, -0.2) is 35.7 Å². The SMILES string of the molecule is Cc1ccc(CN2CC(C(=O)Nc3ccc4c(c3)CCN4C(=O)c3ccoc3)CC2=O)cc1. The van der Waals surface area contributed by atoms with E-state index in [0.29, 0.717) is 30.9 Å². The molecule has 1 fully saturated rings. The van der Waals surface area contributed by atoms with Crippen LogP contribution in [0.15, 0.2) is 65.5 Å². The number of likely N-dealkylation sites (tertiary alicyclic amines) is 1. The third kappa shape index (κ3) is 4.26. The van der Waals surface area contributed by atoms with E-state index in [1.54, 1.807) is 21.9 Å². The number of amides is 3. The highest BCUT2D eigenvalue weighted by Gasteiger charge is 2.34. The molecule has 3 heterocycles. The molecule has 1 unspecified atom stereocenters. The Morgan fingerprint density at radius 1 is 1.12 bits per heavy atom. The van der Waals surface area contributed by atoms with E-state index >= 15 is 0 Å². The van der Waals surface area contributed by atoms with Crippen molar-refractivity contribution in [3.63, 3.8) is 0 Å². The molecule has 1 saturated heterocycles. The van der Waals surface area contributed by atoms with Crippen molar-refractivity contribution in [3.8, 4) is 0 Å². The molecule has 1 N–H and O–H groups in total. The number of carbonyl (C=O) groups is 3. The van der Waals surface area contributed by atoms with Gasteiger partial charge >= 0.3 is 0 Å². The quantitative estimate of drug-likeness (QED) is 0.651. The van der Waals surface area contributed by atoms with Gasteiger partial charge in [-0.15, -0.1) is 0 Å². The lowest BCUT2D eigenvalue weighted by molar-refractivity contribution is -0.128. The third-order valence-corrected chi connectivity index (χ3v) is 6.34. The van der Waals surface area contributed by atoms with E-state index in [9.17, 15) is 14.4 Å². The second-order valence-electron chi connectivity index (χ2n) is 8.71. The van der Waals surface area contributed by atoms with Gasteiger partial charge in [0, 0.05) is 37.4 Å². The summed E-state index contributed by atoms with van der Waals surface area (Å²) in [6.45, 7) is 3.54. The van der Waals surface area contributed by atoms with E-state index in [-0.39, 0.29) is 30.1 Å². The van der Waals surface area contributed by atoms with Gasteiger partial charge in [-0.05, 0) is 48.7 Å². The molecule has 0 spiro atoms. The molecule has 0 aliphatic carbocycles. The van der Waals surface area contributed by atoms with Gasteiger partial charge in [-0.2, -0.15) is 0 Å². The van der Waals surface area contributed by atoms with Gasteiger partial charge < -0.3 is 19.5 Å². The highest BCUT2D eigenvalue weighted by Crippen LogP contribution is 2.32. The van der Waals surface area contributed by atoms with Crippen LogP contribution in [-0.2, 0) is 22.6 Å². The standard InChI is InChI=1S/C26H25N3O4/c1-17-2-4-18(5-3-17)14-28-15-21(13-24(28)30)25(31)27-22-6-7-23-19(12-22)8-10-29(23)26(32)20-9-11-33-16-20/h2-7,9,11-12,16,21H,8,10,13-15H2,1H3,(H,27,31). The maximum atomic E-state index is 12.9. The molecule has 3 aromatic rings. The predicted octanol–water partition coefficient (Wildman–Crippen LogP) is 3.78. The summed E-state index contributed by atoms with van der Waals surface area (Å²) >= 11 is 0. The molecule has 0 radical (unpaired) electrons. The maximum absolute atomic E-state index is 12.9. The first-order valence-corrected chi connectivity index (χ1v) is 11.1. The van der Waals surface area contributed by atoms with Crippen LogP contribution < -0.4 is 10.2 Å². The fraction of sp³-hybridized carbons (Fsp3) is 0.269. The average Bonchev–Trinajstić information content (AvgIpc) is 3.55. The average molecular weight is 444 g/mol. The van der Waals surface area contributed by atoms with Gasteiger partial charge in [0.2, 0.25) is 11.8 Å². The molecule has 7 heteroatoms. The van der Waals surface area contributed by atoms with Gasteiger partial charge in [-0.1, -0.05) is 29.8 Å². The van der Waals surface area contributed by atoms with Gasteiger partial charge in [0.05, 0.1) is 17.7 Å². The zero-order valence-corrected chi connectivity index (χ0v) is 18.4. The van der Waals surface area contributed by atoms with Crippen molar-refractivity contribution in [1.29, 1.82) is 0 Å². The Labute approximate surface area is 192 Å². The van der Waals surface area contributed by atoms with Crippen molar-refractivity contribution in [1.82, 2.24) is 4.90 Å². The van der Waals surface area contributed by atoms with Gasteiger partial charge in [-0.3, -0.25) is 14.4 Å². The summed E-state index contributed by atoms with van der Waals surface area (Å²) in [5.74, 6) is -0.634. The van der Waals surface area contributed by atoms with Crippen LogP contribution in [0.3, 0.4) is 0 Å². The lowest BCUT2D eigenvalue weighted by Crippen LogP contribution is -2.28. The summed E-state index contributed by atoms with van der Waals surface area (Å²) < 4.78 is 5.03. The number of nitrogens with one attached hydrogen (secondary N) is 1. The fourth-order valence-electron chi connectivity index (χ4n) is 4.49. The number of carbonyl (C=O) groups excluding carboxylic acids is 3. The Kier molecular flexibility index (Phi) is 5.46. The molecule has 33 heavy (non-hydrogen) atoms. The monoisotopic (exact) mass is 443 g/mol. The molecule has 2 aliphatic heterocycles.